The van der Waals surface area contributed by atoms with Crippen molar-refractivity contribution in [1.29, 1.82) is 0 Å². The Balaban J connectivity index is 1.27. The summed E-state index contributed by atoms with van der Waals surface area (Å²) in [5.41, 5.74) is 3.41. The molecule has 5 rings (SSSR count). The highest BCUT2D eigenvalue weighted by atomic mass is 35.5. The van der Waals surface area contributed by atoms with Gasteiger partial charge in [-0.25, -0.2) is 4.90 Å². The number of halogens is 1. The van der Waals surface area contributed by atoms with Crippen LogP contribution in [0.1, 0.15) is 21.5 Å². The van der Waals surface area contributed by atoms with Gasteiger partial charge in [0.25, 0.3) is 17.7 Å². The third-order valence-corrected chi connectivity index (χ3v) is 7.39. The molecule has 8 nitrogen and oxygen atoms in total. The van der Waals surface area contributed by atoms with Crippen LogP contribution in [-0.2, 0) is 16.1 Å². The average Bonchev–Trinajstić information content (AvgIpc) is 3.16. The number of benzene rings is 3. The van der Waals surface area contributed by atoms with Gasteiger partial charge in [-0.3, -0.25) is 14.4 Å². The monoisotopic (exact) mass is 545 g/mol. The fourth-order valence-electron chi connectivity index (χ4n) is 4.95. The van der Waals surface area contributed by atoms with E-state index in [1.54, 1.807) is 36.4 Å². The summed E-state index contributed by atoms with van der Waals surface area (Å²) in [5.74, 6) is -0.928. The number of ether oxygens (including phenoxy) is 1. The van der Waals surface area contributed by atoms with E-state index < -0.39 is 11.8 Å². The first kappa shape index (κ1) is 26.5. The zero-order valence-corrected chi connectivity index (χ0v) is 22.6. The minimum absolute atomic E-state index is 0.0482. The van der Waals surface area contributed by atoms with E-state index in [1.165, 1.54) is 17.6 Å². The predicted molar refractivity (Wildman–Crippen MR) is 150 cm³/mol. The third kappa shape index (κ3) is 5.53. The Bertz CT molecular complexity index is 1450. The average molecular weight is 546 g/mol. The normalized spacial score (nSPS) is 16.2. The van der Waals surface area contributed by atoms with Gasteiger partial charge in [-0.1, -0.05) is 54.1 Å². The first-order valence-corrected chi connectivity index (χ1v) is 13.2. The van der Waals surface area contributed by atoms with E-state index in [1.807, 2.05) is 36.1 Å². The molecule has 9 heteroatoms. The van der Waals surface area contributed by atoms with Gasteiger partial charge in [-0.2, -0.15) is 0 Å². The zero-order valence-electron chi connectivity index (χ0n) is 21.9. The molecular weight excluding hydrogens is 516 g/mol. The summed E-state index contributed by atoms with van der Waals surface area (Å²) in [6.45, 7) is 5.86. The fraction of sp³-hybridized carbons (Fsp3) is 0.233. The third-order valence-electron chi connectivity index (χ3n) is 7.04. The molecule has 2 aliphatic rings. The second-order valence-corrected chi connectivity index (χ2v) is 10.1. The number of hydrogen-bond donors (Lipinski definition) is 2. The van der Waals surface area contributed by atoms with E-state index >= 15 is 0 Å². The number of carbonyl (C=O) groups excluding carboxylic acids is 3. The maximum absolute atomic E-state index is 13.3. The topological polar surface area (TPSA) is 83.4 Å². The van der Waals surface area contributed by atoms with Crippen LogP contribution in [0.25, 0.3) is 0 Å². The first-order chi connectivity index (χ1) is 18.9. The van der Waals surface area contributed by atoms with E-state index in [2.05, 4.69) is 17.4 Å². The highest BCUT2D eigenvalue weighted by Crippen LogP contribution is 2.36. The van der Waals surface area contributed by atoms with Crippen molar-refractivity contribution >= 4 is 40.7 Å². The number of methoxy groups -OCH3 is 1. The Hall–Kier alpha value is -4.14. The van der Waals surface area contributed by atoms with Crippen LogP contribution in [0.3, 0.4) is 0 Å². The van der Waals surface area contributed by atoms with Gasteiger partial charge in [-0.05, 0) is 42.8 Å². The molecule has 2 aliphatic heterocycles. The maximum atomic E-state index is 13.3. The van der Waals surface area contributed by atoms with Crippen LogP contribution in [0.4, 0.5) is 11.4 Å². The Morgan fingerprint density at radius 1 is 0.974 bits per heavy atom. The van der Waals surface area contributed by atoms with Gasteiger partial charge in [0.2, 0.25) is 0 Å². The quantitative estimate of drug-likeness (QED) is 0.446. The van der Waals surface area contributed by atoms with Crippen molar-refractivity contribution in [1.82, 2.24) is 4.90 Å². The largest absolute Gasteiger partial charge is 0.495 e. The molecule has 39 heavy (non-hydrogen) atoms. The van der Waals surface area contributed by atoms with Crippen LogP contribution < -0.4 is 19.9 Å². The van der Waals surface area contributed by atoms with Gasteiger partial charge in [0.1, 0.15) is 23.0 Å². The highest BCUT2D eigenvalue weighted by molar-refractivity contribution is 6.53. The number of piperazine rings is 1. The lowest BCUT2D eigenvalue weighted by atomic mass is 10.1. The van der Waals surface area contributed by atoms with E-state index in [4.69, 9.17) is 16.3 Å². The second-order valence-electron chi connectivity index (χ2n) is 9.72. The fourth-order valence-corrected chi connectivity index (χ4v) is 5.16. The second kappa shape index (κ2) is 11.3. The summed E-state index contributed by atoms with van der Waals surface area (Å²) in [6, 6.07) is 22.5. The summed E-state index contributed by atoms with van der Waals surface area (Å²) in [4.78, 5) is 43.9. The van der Waals surface area contributed by atoms with Crippen molar-refractivity contribution in [2.75, 3.05) is 43.5 Å². The molecule has 200 valence electrons. The summed E-state index contributed by atoms with van der Waals surface area (Å²) in [5, 5.41) is 2.75. The maximum Gasteiger partial charge on any atom is 0.283 e. The van der Waals surface area contributed by atoms with Gasteiger partial charge in [0.15, 0.2) is 0 Å². The smallest absolute Gasteiger partial charge is 0.283 e. The number of amides is 3. The summed E-state index contributed by atoms with van der Waals surface area (Å²) in [7, 11) is 1.47. The molecule has 3 aromatic carbocycles. The number of hydrogen-bond acceptors (Lipinski definition) is 5. The molecule has 3 amide bonds. The Morgan fingerprint density at radius 2 is 1.72 bits per heavy atom. The van der Waals surface area contributed by atoms with Crippen LogP contribution in [0, 0.1) is 6.92 Å². The number of nitrogens with zero attached hydrogens (tertiary/aromatic N) is 2. The van der Waals surface area contributed by atoms with E-state index in [-0.39, 0.29) is 16.6 Å². The lowest BCUT2D eigenvalue weighted by molar-refractivity contribution is -0.917. The number of quaternary nitrogens is 1. The van der Waals surface area contributed by atoms with Gasteiger partial charge in [-0.15, -0.1) is 0 Å². The van der Waals surface area contributed by atoms with Gasteiger partial charge < -0.3 is 19.9 Å². The zero-order chi connectivity index (χ0) is 27.5. The van der Waals surface area contributed by atoms with E-state index in [0.29, 0.717) is 35.8 Å². The van der Waals surface area contributed by atoms with Crippen LogP contribution in [0.2, 0.25) is 0 Å². The number of anilines is 2. The molecule has 1 fully saturated rings. The number of imide groups is 1. The molecule has 0 spiro atoms. The minimum Gasteiger partial charge on any atom is -0.495 e. The summed E-state index contributed by atoms with van der Waals surface area (Å²) >= 11 is 6.34. The number of rotatable bonds is 7. The van der Waals surface area contributed by atoms with Crippen molar-refractivity contribution in [2.24, 2.45) is 0 Å². The Labute approximate surface area is 232 Å². The molecule has 2 N–H and O–H groups in total. The minimum atomic E-state index is -0.642. The van der Waals surface area contributed by atoms with Crippen molar-refractivity contribution in [2.45, 2.75) is 13.5 Å². The number of aryl methyl sites for hydroxylation is 1. The van der Waals surface area contributed by atoms with E-state index in [9.17, 15) is 14.4 Å². The van der Waals surface area contributed by atoms with Gasteiger partial charge >= 0.3 is 0 Å². The van der Waals surface area contributed by atoms with Crippen molar-refractivity contribution in [3.05, 3.63) is 100 Å². The first-order valence-electron chi connectivity index (χ1n) is 12.8. The van der Waals surface area contributed by atoms with Crippen molar-refractivity contribution in [3.8, 4) is 5.75 Å². The molecule has 0 radical (unpaired) electrons. The lowest BCUT2D eigenvalue weighted by Gasteiger charge is -2.32. The number of carbonyl (C=O) groups is 3. The highest BCUT2D eigenvalue weighted by Gasteiger charge is 2.40. The molecule has 0 unspecified atom stereocenters. The van der Waals surface area contributed by atoms with Gasteiger partial charge in [0.05, 0.1) is 39.0 Å². The van der Waals surface area contributed by atoms with Crippen LogP contribution in [-0.4, -0.2) is 55.9 Å². The summed E-state index contributed by atoms with van der Waals surface area (Å²) in [6.07, 6.45) is 0. The van der Waals surface area contributed by atoms with Crippen LogP contribution >= 0.6 is 11.6 Å². The molecule has 0 aromatic heterocycles. The van der Waals surface area contributed by atoms with Crippen molar-refractivity contribution in [3.63, 3.8) is 0 Å². The van der Waals surface area contributed by atoms with Crippen LogP contribution in [0.5, 0.6) is 5.75 Å². The Morgan fingerprint density at radius 3 is 2.44 bits per heavy atom. The van der Waals surface area contributed by atoms with Gasteiger partial charge in [0, 0.05) is 16.8 Å². The number of nitrogens with one attached hydrogen (secondary N) is 2. The predicted octanol–water partition coefficient (Wildman–Crippen LogP) is 2.98. The SMILES string of the molecule is COc1ccc(C)cc1N1C(=O)C(Cl)=C(Nc2cccc(C(=O)N3CC[NH+](Cc4ccccc4)CC3)c2)C1=O. The molecule has 0 atom stereocenters. The Kier molecular flexibility index (Phi) is 7.67. The molecule has 0 aliphatic carbocycles. The molecule has 0 saturated carbocycles. The standard InChI is InChI=1S/C30H29ClN4O4/c1-20-11-12-25(39-2)24(17-20)35-29(37)26(31)27(30(35)38)32-23-10-6-9-22(18-23)28(36)34-15-13-33(14-16-34)19-21-7-4-3-5-8-21/h3-12,17-18,32H,13-16,19H2,1-2H3/p+1. The summed E-state index contributed by atoms with van der Waals surface area (Å²) < 4.78 is 5.36. The molecular formula is C30H30ClN4O4+. The lowest BCUT2D eigenvalue weighted by Crippen LogP contribution is -3.13. The van der Waals surface area contributed by atoms with E-state index in [0.717, 1.165) is 30.1 Å². The molecule has 2 heterocycles. The van der Waals surface area contributed by atoms with Crippen LogP contribution in [0.15, 0.2) is 83.5 Å². The molecule has 3 aromatic rings. The molecule has 0 bridgehead atoms. The molecule has 1 saturated heterocycles. The van der Waals surface area contributed by atoms with Crippen molar-refractivity contribution < 1.29 is 24.0 Å².